The number of hydrogen-bond donors (Lipinski definition) is 2. The summed E-state index contributed by atoms with van der Waals surface area (Å²) in [5, 5.41) is 6.50. The van der Waals surface area contributed by atoms with Crippen molar-refractivity contribution in [2.24, 2.45) is 5.92 Å². The summed E-state index contributed by atoms with van der Waals surface area (Å²) in [5.74, 6) is 0.371. The minimum atomic E-state index is 0.371. The van der Waals surface area contributed by atoms with Gasteiger partial charge in [-0.15, -0.1) is 0 Å². The van der Waals surface area contributed by atoms with Crippen LogP contribution in [0.3, 0.4) is 0 Å². The number of benzene rings is 1. The standard InChI is InChI=1S/C15H22N2/c1-5-14(13(3)16-4)11-12(2)17-15-9-7-6-8-10-15/h6-11,14,16-17H,3,5H2,1-2,4H3/b12-11+. The van der Waals surface area contributed by atoms with Gasteiger partial charge in [0.05, 0.1) is 0 Å². The molecule has 0 heterocycles. The van der Waals surface area contributed by atoms with Crippen molar-refractivity contribution >= 4 is 5.69 Å². The Morgan fingerprint density at radius 1 is 1.35 bits per heavy atom. The van der Waals surface area contributed by atoms with Crippen molar-refractivity contribution in [2.45, 2.75) is 20.3 Å². The molecule has 0 aliphatic rings. The number of hydrogen-bond acceptors (Lipinski definition) is 2. The topological polar surface area (TPSA) is 24.1 Å². The lowest BCUT2D eigenvalue weighted by Crippen LogP contribution is -2.14. The molecule has 0 spiro atoms. The SMILES string of the molecule is C=C(NC)C(/C=C(\C)Nc1ccccc1)CC. The zero-order valence-electron chi connectivity index (χ0n) is 11.0. The highest BCUT2D eigenvalue weighted by atomic mass is 14.9. The summed E-state index contributed by atoms with van der Waals surface area (Å²) in [4.78, 5) is 0. The molecule has 1 atom stereocenters. The molecular weight excluding hydrogens is 208 g/mol. The molecule has 0 saturated carbocycles. The van der Waals surface area contributed by atoms with E-state index in [-0.39, 0.29) is 0 Å². The molecule has 0 aliphatic carbocycles. The molecule has 17 heavy (non-hydrogen) atoms. The highest BCUT2D eigenvalue weighted by Crippen LogP contribution is 2.16. The molecule has 0 fully saturated rings. The van der Waals surface area contributed by atoms with Crippen molar-refractivity contribution in [3.05, 3.63) is 54.4 Å². The predicted octanol–water partition coefficient (Wildman–Crippen LogP) is 3.76. The summed E-state index contributed by atoms with van der Waals surface area (Å²) >= 11 is 0. The highest BCUT2D eigenvalue weighted by molar-refractivity contribution is 5.47. The summed E-state index contributed by atoms with van der Waals surface area (Å²) in [6.45, 7) is 8.27. The zero-order valence-corrected chi connectivity index (χ0v) is 11.0. The Bertz CT molecular complexity index is 379. The van der Waals surface area contributed by atoms with Gasteiger partial charge in [0.15, 0.2) is 0 Å². The summed E-state index contributed by atoms with van der Waals surface area (Å²) in [6, 6.07) is 10.2. The van der Waals surface area contributed by atoms with Gasteiger partial charge in [-0.25, -0.2) is 0 Å². The van der Waals surface area contributed by atoms with Gasteiger partial charge < -0.3 is 10.6 Å². The first-order chi connectivity index (χ1) is 8.17. The van der Waals surface area contributed by atoms with Crippen LogP contribution in [0, 0.1) is 5.92 Å². The molecular formula is C15H22N2. The third-order valence-corrected chi connectivity index (χ3v) is 2.78. The van der Waals surface area contributed by atoms with Gasteiger partial charge in [-0.1, -0.05) is 37.8 Å². The van der Waals surface area contributed by atoms with E-state index in [0.29, 0.717) is 5.92 Å². The lowest BCUT2D eigenvalue weighted by Gasteiger charge is -2.15. The Kier molecular flexibility index (Phi) is 5.34. The summed E-state index contributed by atoms with van der Waals surface area (Å²) in [6.07, 6.45) is 3.26. The minimum Gasteiger partial charge on any atom is -0.391 e. The predicted molar refractivity (Wildman–Crippen MR) is 75.8 cm³/mol. The number of anilines is 1. The van der Waals surface area contributed by atoms with E-state index in [1.54, 1.807) is 0 Å². The van der Waals surface area contributed by atoms with Crippen molar-refractivity contribution in [1.29, 1.82) is 0 Å². The Labute approximate surface area is 104 Å². The molecule has 0 radical (unpaired) electrons. The van der Waals surface area contributed by atoms with Gasteiger partial charge >= 0.3 is 0 Å². The number of para-hydroxylation sites is 1. The summed E-state index contributed by atoms with van der Waals surface area (Å²) in [5.41, 5.74) is 3.33. The molecule has 0 aliphatic heterocycles. The maximum absolute atomic E-state index is 4.02. The van der Waals surface area contributed by atoms with Crippen LogP contribution in [0.2, 0.25) is 0 Å². The van der Waals surface area contributed by atoms with Gasteiger partial charge in [0.2, 0.25) is 0 Å². The minimum absolute atomic E-state index is 0.371. The van der Waals surface area contributed by atoms with Crippen LogP contribution in [0.25, 0.3) is 0 Å². The van der Waals surface area contributed by atoms with E-state index in [2.05, 4.69) is 49.3 Å². The third kappa shape index (κ3) is 4.35. The first-order valence-electron chi connectivity index (χ1n) is 6.04. The molecule has 2 N–H and O–H groups in total. The second-order valence-corrected chi connectivity index (χ2v) is 4.13. The van der Waals surface area contributed by atoms with E-state index in [9.17, 15) is 0 Å². The monoisotopic (exact) mass is 230 g/mol. The van der Waals surface area contributed by atoms with Crippen LogP contribution in [0.15, 0.2) is 54.4 Å². The number of nitrogens with one attached hydrogen (secondary N) is 2. The molecule has 0 amide bonds. The average Bonchev–Trinajstić information content (AvgIpc) is 2.36. The summed E-state index contributed by atoms with van der Waals surface area (Å²) < 4.78 is 0. The van der Waals surface area contributed by atoms with Crippen LogP contribution in [-0.4, -0.2) is 7.05 Å². The van der Waals surface area contributed by atoms with E-state index in [1.165, 1.54) is 0 Å². The van der Waals surface area contributed by atoms with Crippen molar-refractivity contribution in [1.82, 2.24) is 5.32 Å². The Morgan fingerprint density at radius 2 is 2.00 bits per heavy atom. The Balaban J connectivity index is 2.68. The third-order valence-electron chi connectivity index (χ3n) is 2.78. The second-order valence-electron chi connectivity index (χ2n) is 4.13. The molecule has 1 rings (SSSR count). The van der Waals surface area contributed by atoms with Gasteiger partial charge in [0.25, 0.3) is 0 Å². The van der Waals surface area contributed by atoms with E-state index in [1.807, 2.05) is 25.2 Å². The zero-order chi connectivity index (χ0) is 12.7. The van der Waals surface area contributed by atoms with Crippen LogP contribution in [0.5, 0.6) is 0 Å². The Morgan fingerprint density at radius 3 is 2.53 bits per heavy atom. The van der Waals surface area contributed by atoms with E-state index in [0.717, 1.165) is 23.5 Å². The van der Waals surface area contributed by atoms with Crippen LogP contribution >= 0.6 is 0 Å². The molecule has 1 aromatic rings. The van der Waals surface area contributed by atoms with Crippen molar-refractivity contribution in [3.8, 4) is 0 Å². The van der Waals surface area contributed by atoms with Crippen LogP contribution in [0.1, 0.15) is 20.3 Å². The van der Waals surface area contributed by atoms with Gasteiger partial charge in [0, 0.05) is 30.0 Å². The molecule has 1 unspecified atom stereocenters. The van der Waals surface area contributed by atoms with Gasteiger partial charge in [-0.2, -0.15) is 0 Å². The molecule has 2 heteroatoms. The molecule has 2 nitrogen and oxygen atoms in total. The van der Waals surface area contributed by atoms with Gasteiger partial charge in [-0.3, -0.25) is 0 Å². The largest absolute Gasteiger partial charge is 0.391 e. The van der Waals surface area contributed by atoms with Crippen molar-refractivity contribution < 1.29 is 0 Å². The first-order valence-corrected chi connectivity index (χ1v) is 6.04. The van der Waals surface area contributed by atoms with Crippen LogP contribution in [0.4, 0.5) is 5.69 Å². The maximum atomic E-state index is 4.02. The fourth-order valence-electron chi connectivity index (χ4n) is 1.74. The quantitative estimate of drug-likeness (QED) is 0.777. The van der Waals surface area contributed by atoms with Crippen LogP contribution < -0.4 is 10.6 Å². The summed E-state index contributed by atoms with van der Waals surface area (Å²) in [7, 11) is 1.92. The normalized spacial score (nSPS) is 13.0. The fraction of sp³-hybridized carbons (Fsp3) is 0.333. The molecule has 1 aromatic carbocycles. The maximum Gasteiger partial charge on any atom is 0.0381 e. The van der Waals surface area contributed by atoms with Gasteiger partial charge in [0.1, 0.15) is 0 Å². The first kappa shape index (κ1) is 13.4. The van der Waals surface area contributed by atoms with Crippen molar-refractivity contribution in [2.75, 3.05) is 12.4 Å². The molecule has 92 valence electrons. The van der Waals surface area contributed by atoms with Gasteiger partial charge in [-0.05, 0) is 25.5 Å². The smallest absolute Gasteiger partial charge is 0.0381 e. The highest BCUT2D eigenvalue weighted by Gasteiger charge is 2.06. The van der Waals surface area contributed by atoms with Crippen LogP contribution in [-0.2, 0) is 0 Å². The molecule has 0 aromatic heterocycles. The fourth-order valence-corrected chi connectivity index (χ4v) is 1.74. The Hall–Kier alpha value is -1.70. The van der Waals surface area contributed by atoms with E-state index < -0.39 is 0 Å². The second kappa shape index (κ2) is 6.79. The van der Waals surface area contributed by atoms with E-state index >= 15 is 0 Å². The van der Waals surface area contributed by atoms with Crippen molar-refractivity contribution in [3.63, 3.8) is 0 Å². The number of allylic oxidation sites excluding steroid dienone is 2. The number of rotatable bonds is 6. The lowest BCUT2D eigenvalue weighted by molar-refractivity contribution is 0.673. The molecule has 0 bridgehead atoms. The average molecular weight is 230 g/mol. The lowest BCUT2D eigenvalue weighted by atomic mass is 10.0. The van der Waals surface area contributed by atoms with E-state index in [4.69, 9.17) is 0 Å². The molecule has 0 saturated heterocycles.